The zero-order valence-electron chi connectivity index (χ0n) is 18.1. The summed E-state index contributed by atoms with van der Waals surface area (Å²) in [4.78, 5) is 16.8. The summed E-state index contributed by atoms with van der Waals surface area (Å²) in [5.41, 5.74) is 3.14. The van der Waals surface area contributed by atoms with Crippen LogP contribution in [0.3, 0.4) is 0 Å². The summed E-state index contributed by atoms with van der Waals surface area (Å²) in [6, 6.07) is 16.2. The number of carbonyl (C=O) groups is 1. The minimum Gasteiger partial charge on any atom is -0.457 e. The van der Waals surface area contributed by atoms with E-state index in [0.29, 0.717) is 23.0 Å². The minimum atomic E-state index is -0.406. The summed E-state index contributed by atoms with van der Waals surface area (Å²) >= 11 is 0. The van der Waals surface area contributed by atoms with E-state index in [0.717, 1.165) is 43.1 Å². The standard InChI is InChI=1S/C24H25FN4O2.2ClH/c1-16-14-22(15-23(27-16)17-10-12-26-13-11-17)31-21-8-6-20(7-9-21)29-24(30)28-19-4-2-18(25)3-5-19;;/h2-9,14-15,17,26H,10-13H2,1H3,(H2,28,29,30);2*1H. The van der Waals surface area contributed by atoms with E-state index < -0.39 is 6.03 Å². The third kappa shape index (κ3) is 7.60. The molecule has 0 unspecified atom stereocenters. The van der Waals surface area contributed by atoms with Gasteiger partial charge >= 0.3 is 6.03 Å². The molecule has 1 saturated heterocycles. The first kappa shape index (κ1) is 26.4. The number of piperidine rings is 1. The van der Waals surface area contributed by atoms with Gasteiger partial charge < -0.3 is 20.7 Å². The van der Waals surface area contributed by atoms with Crippen LogP contribution >= 0.6 is 24.8 Å². The largest absolute Gasteiger partial charge is 0.457 e. The molecule has 0 aliphatic carbocycles. The number of nitrogens with one attached hydrogen (secondary N) is 3. The molecule has 0 saturated carbocycles. The van der Waals surface area contributed by atoms with Crippen molar-refractivity contribution >= 4 is 42.2 Å². The van der Waals surface area contributed by atoms with Gasteiger partial charge in [-0.05, 0) is 81.4 Å². The second-order valence-corrected chi connectivity index (χ2v) is 7.61. The molecule has 4 rings (SSSR count). The highest BCUT2D eigenvalue weighted by atomic mass is 35.5. The molecular formula is C24H27Cl2FN4O2. The van der Waals surface area contributed by atoms with Gasteiger partial charge in [-0.3, -0.25) is 4.98 Å². The quantitative estimate of drug-likeness (QED) is 0.391. The number of ether oxygens (including phenoxy) is 1. The molecular weight excluding hydrogens is 466 g/mol. The van der Waals surface area contributed by atoms with E-state index in [1.165, 1.54) is 24.3 Å². The van der Waals surface area contributed by atoms with Crippen LogP contribution in [0.15, 0.2) is 60.7 Å². The Morgan fingerprint density at radius 3 is 2.12 bits per heavy atom. The smallest absolute Gasteiger partial charge is 0.323 e. The van der Waals surface area contributed by atoms with Crippen LogP contribution in [-0.2, 0) is 0 Å². The second-order valence-electron chi connectivity index (χ2n) is 7.61. The van der Waals surface area contributed by atoms with Gasteiger partial charge in [-0.15, -0.1) is 24.8 Å². The molecule has 2 aromatic carbocycles. The highest BCUT2D eigenvalue weighted by Crippen LogP contribution is 2.29. The lowest BCUT2D eigenvalue weighted by molar-refractivity contribution is 0.262. The van der Waals surface area contributed by atoms with Crippen molar-refractivity contribution in [2.24, 2.45) is 0 Å². The molecule has 0 radical (unpaired) electrons. The molecule has 1 aromatic heterocycles. The second kappa shape index (κ2) is 12.4. The van der Waals surface area contributed by atoms with Gasteiger partial charge in [0.05, 0.1) is 0 Å². The van der Waals surface area contributed by atoms with E-state index in [2.05, 4.69) is 16.0 Å². The fraction of sp³-hybridized carbons (Fsp3) is 0.250. The Morgan fingerprint density at radius 2 is 1.52 bits per heavy atom. The van der Waals surface area contributed by atoms with Crippen LogP contribution in [0.4, 0.5) is 20.6 Å². The van der Waals surface area contributed by atoms with Crippen molar-refractivity contribution < 1.29 is 13.9 Å². The molecule has 2 heterocycles. The van der Waals surface area contributed by atoms with Gasteiger partial charge in [0.1, 0.15) is 17.3 Å². The van der Waals surface area contributed by atoms with Crippen molar-refractivity contribution in [1.29, 1.82) is 0 Å². The Labute approximate surface area is 205 Å². The van der Waals surface area contributed by atoms with E-state index in [1.54, 1.807) is 24.3 Å². The number of halogens is 3. The molecule has 0 atom stereocenters. The number of rotatable bonds is 5. The third-order valence-electron chi connectivity index (χ3n) is 5.15. The van der Waals surface area contributed by atoms with Crippen molar-refractivity contribution in [3.8, 4) is 11.5 Å². The molecule has 9 heteroatoms. The molecule has 0 bridgehead atoms. The van der Waals surface area contributed by atoms with Crippen molar-refractivity contribution in [2.45, 2.75) is 25.7 Å². The van der Waals surface area contributed by atoms with E-state index in [-0.39, 0.29) is 30.6 Å². The average molecular weight is 493 g/mol. The van der Waals surface area contributed by atoms with Gasteiger partial charge in [0.2, 0.25) is 0 Å². The number of hydrogen-bond acceptors (Lipinski definition) is 4. The van der Waals surface area contributed by atoms with Crippen LogP contribution in [0.2, 0.25) is 0 Å². The summed E-state index contributed by atoms with van der Waals surface area (Å²) in [6.45, 7) is 4.00. The Kier molecular flexibility index (Phi) is 9.91. The van der Waals surface area contributed by atoms with Gasteiger partial charge in [-0.25, -0.2) is 9.18 Å². The monoisotopic (exact) mass is 492 g/mol. The summed E-state index contributed by atoms with van der Waals surface area (Å²) in [7, 11) is 0. The number of benzene rings is 2. The molecule has 3 aromatic rings. The topological polar surface area (TPSA) is 75.3 Å². The zero-order valence-corrected chi connectivity index (χ0v) is 19.8. The lowest BCUT2D eigenvalue weighted by Crippen LogP contribution is -2.27. The SMILES string of the molecule is Cc1cc(Oc2ccc(NC(=O)Nc3ccc(F)cc3)cc2)cc(C2CCNCC2)n1.Cl.Cl. The first-order valence-corrected chi connectivity index (χ1v) is 10.4. The van der Waals surface area contributed by atoms with Crippen LogP contribution in [-0.4, -0.2) is 24.1 Å². The number of carbonyl (C=O) groups excluding carboxylic acids is 1. The Bertz CT molecular complexity index is 1040. The number of aryl methyl sites for hydroxylation is 1. The highest BCUT2D eigenvalue weighted by Gasteiger charge is 2.17. The summed E-state index contributed by atoms with van der Waals surface area (Å²) in [6.07, 6.45) is 2.16. The Morgan fingerprint density at radius 1 is 0.939 bits per heavy atom. The first-order valence-electron chi connectivity index (χ1n) is 10.4. The van der Waals surface area contributed by atoms with Crippen LogP contribution in [0.25, 0.3) is 0 Å². The zero-order chi connectivity index (χ0) is 21.6. The number of hydrogen-bond donors (Lipinski definition) is 3. The van der Waals surface area contributed by atoms with Crippen LogP contribution in [0.1, 0.15) is 30.1 Å². The molecule has 33 heavy (non-hydrogen) atoms. The van der Waals surface area contributed by atoms with E-state index in [1.807, 2.05) is 19.1 Å². The maximum Gasteiger partial charge on any atom is 0.323 e. The number of amides is 2. The van der Waals surface area contributed by atoms with Gasteiger partial charge in [-0.1, -0.05) is 0 Å². The molecule has 2 amide bonds. The molecule has 6 nitrogen and oxygen atoms in total. The summed E-state index contributed by atoms with van der Waals surface area (Å²) in [5, 5.41) is 8.78. The number of nitrogens with zero attached hydrogens (tertiary/aromatic N) is 1. The van der Waals surface area contributed by atoms with Crippen LogP contribution in [0.5, 0.6) is 11.5 Å². The summed E-state index contributed by atoms with van der Waals surface area (Å²) in [5.74, 6) is 1.53. The van der Waals surface area contributed by atoms with Gasteiger partial charge in [0, 0.05) is 40.8 Å². The predicted octanol–water partition coefficient (Wildman–Crippen LogP) is 6.28. The van der Waals surface area contributed by atoms with Crippen LogP contribution < -0.4 is 20.7 Å². The minimum absolute atomic E-state index is 0. The fourth-order valence-electron chi connectivity index (χ4n) is 3.62. The van der Waals surface area contributed by atoms with E-state index in [4.69, 9.17) is 9.72 Å². The van der Waals surface area contributed by atoms with Crippen molar-refractivity contribution in [1.82, 2.24) is 10.3 Å². The van der Waals surface area contributed by atoms with Crippen molar-refractivity contribution in [3.05, 3.63) is 77.9 Å². The highest BCUT2D eigenvalue weighted by molar-refractivity contribution is 5.99. The normalized spacial score (nSPS) is 13.3. The Balaban J connectivity index is 0.00000193. The number of urea groups is 1. The van der Waals surface area contributed by atoms with E-state index >= 15 is 0 Å². The molecule has 0 spiro atoms. The molecule has 176 valence electrons. The average Bonchev–Trinajstić information content (AvgIpc) is 2.77. The van der Waals surface area contributed by atoms with Gasteiger partial charge in [0.25, 0.3) is 0 Å². The first-order chi connectivity index (χ1) is 15.0. The molecule has 1 aliphatic heterocycles. The molecule has 1 aliphatic rings. The maximum absolute atomic E-state index is 13.0. The molecule has 3 N–H and O–H groups in total. The van der Waals surface area contributed by atoms with Crippen molar-refractivity contribution in [3.63, 3.8) is 0 Å². The lowest BCUT2D eigenvalue weighted by Gasteiger charge is -2.22. The summed E-state index contributed by atoms with van der Waals surface area (Å²) < 4.78 is 19.0. The van der Waals surface area contributed by atoms with Gasteiger partial charge in [-0.2, -0.15) is 0 Å². The van der Waals surface area contributed by atoms with E-state index in [9.17, 15) is 9.18 Å². The van der Waals surface area contributed by atoms with Crippen molar-refractivity contribution in [2.75, 3.05) is 23.7 Å². The lowest BCUT2D eigenvalue weighted by atomic mass is 9.94. The van der Waals surface area contributed by atoms with Crippen LogP contribution in [0, 0.1) is 12.7 Å². The number of aromatic nitrogens is 1. The third-order valence-corrected chi connectivity index (χ3v) is 5.15. The Hall–Kier alpha value is -2.87. The number of anilines is 2. The fourth-order valence-corrected chi connectivity index (χ4v) is 3.62. The molecule has 1 fully saturated rings. The maximum atomic E-state index is 13.0. The van der Waals surface area contributed by atoms with Gasteiger partial charge in [0.15, 0.2) is 0 Å². The predicted molar refractivity (Wildman–Crippen MR) is 134 cm³/mol. The number of pyridine rings is 1.